The molecule has 13 nitrogen and oxygen atoms in total. The number of carbonyl (C=O) groups excluding carboxylic acids is 3. The molecule has 3 aliphatic rings. The number of nitrogens with one attached hydrogen (secondary N) is 1. The minimum Gasteiger partial charge on any atom is -0.483 e. The molecule has 2 amide bonds. The molecule has 1 atom stereocenters. The van der Waals surface area contributed by atoms with Crippen LogP contribution in [-0.4, -0.2) is 105 Å². The minimum atomic E-state index is -4.12. The Hall–Kier alpha value is -3.69. The molecule has 1 fully saturated rings. The van der Waals surface area contributed by atoms with Gasteiger partial charge in [0.2, 0.25) is 11.8 Å². The number of esters is 1. The van der Waals surface area contributed by atoms with E-state index in [4.69, 9.17) is 30.4 Å². The van der Waals surface area contributed by atoms with Gasteiger partial charge in [0.1, 0.15) is 12.4 Å². The van der Waals surface area contributed by atoms with Crippen molar-refractivity contribution in [3.63, 3.8) is 0 Å². The van der Waals surface area contributed by atoms with Crippen LogP contribution in [-0.2, 0) is 53.5 Å². The Labute approximate surface area is 304 Å². The first kappa shape index (κ1) is 38.5. The van der Waals surface area contributed by atoms with Crippen LogP contribution in [0.2, 0.25) is 5.02 Å². The van der Waals surface area contributed by atoms with E-state index in [0.717, 1.165) is 54.9 Å². The maximum atomic E-state index is 13.4. The van der Waals surface area contributed by atoms with Crippen LogP contribution in [0, 0.1) is 0 Å². The van der Waals surface area contributed by atoms with Gasteiger partial charge in [0, 0.05) is 75.8 Å². The van der Waals surface area contributed by atoms with Crippen molar-refractivity contribution < 1.29 is 41.6 Å². The molecule has 2 N–H and O–H groups in total. The fourth-order valence-corrected chi connectivity index (χ4v) is 6.95. The fraction of sp³-hybridized carbons (Fsp3) is 0.528. The molecule has 0 aliphatic carbocycles. The highest BCUT2D eigenvalue weighted by atomic mass is 35.5. The molecule has 2 aromatic rings. The molecular formula is C36H47ClN4O9S. The number of anilines is 1. The first-order chi connectivity index (χ1) is 24.4. The molecule has 278 valence electrons. The predicted molar refractivity (Wildman–Crippen MR) is 192 cm³/mol. The van der Waals surface area contributed by atoms with Gasteiger partial charge in [-0.25, -0.2) is 0 Å². The van der Waals surface area contributed by atoms with E-state index in [1.807, 2.05) is 29.3 Å². The predicted octanol–water partition coefficient (Wildman–Crippen LogP) is 3.73. The molecule has 5 rings (SSSR count). The second-order valence-corrected chi connectivity index (χ2v) is 15.2. The summed E-state index contributed by atoms with van der Waals surface area (Å²) in [5, 5.41) is 3.67. The molecule has 0 saturated carbocycles. The van der Waals surface area contributed by atoms with Crippen molar-refractivity contribution in [1.82, 2.24) is 15.1 Å². The summed E-state index contributed by atoms with van der Waals surface area (Å²) >= 11 is 6.02. The summed E-state index contributed by atoms with van der Waals surface area (Å²) < 4.78 is 48.2. The third-order valence-electron chi connectivity index (χ3n) is 9.12. The number of carbonyl (C=O) groups is 3. The van der Waals surface area contributed by atoms with E-state index >= 15 is 0 Å². The van der Waals surface area contributed by atoms with Gasteiger partial charge < -0.3 is 29.3 Å². The van der Waals surface area contributed by atoms with Gasteiger partial charge in [-0.05, 0) is 47.7 Å². The van der Waals surface area contributed by atoms with Crippen molar-refractivity contribution >= 4 is 45.2 Å². The normalized spacial score (nSPS) is 17.2. The number of unbranched alkanes of at least 4 members (excludes halogenated alkanes) is 3. The number of hydrogen-bond donors (Lipinski definition) is 2. The van der Waals surface area contributed by atoms with Crippen LogP contribution in [0.3, 0.4) is 0 Å². The zero-order valence-electron chi connectivity index (χ0n) is 29.0. The van der Waals surface area contributed by atoms with Crippen LogP contribution >= 0.6 is 11.6 Å². The van der Waals surface area contributed by atoms with Gasteiger partial charge in [-0.3, -0.25) is 23.8 Å². The topological polar surface area (TPSA) is 155 Å². The molecule has 3 aliphatic heterocycles. The number of amides is 2. The van der Waals surface area contributed by atoms with E-state index in [2.05, 4.69) is 16.3 Å². The van der Waals surface area contributed by atoms with Gasteiger partial charge in [0.25, 0.3) is 10.1 Å². The van der Waals surface area contributed by atoms with Crippen LogP contribution in [0.5, 0.6) is 5.75 Å². The van der Waals surface area contributed by atoms with Crippen LogP contribution in [0.25, 0.3) is 0 Å². The lowest BCUT2D eigenvalue weighted by Crippen LogP contribution is -2.43. The molecular weight excluding hydrogens is 700 g/mol. The van der Waals surface area contributed by atoms with Crippen molar-refractivity contribution in [2.24, 2.45) is 0 Å². The molecule has 15 heteroatoms. The molecule has 2 aromatic carbocycles. The van der Waals surface area contributed by atoms with Gasteiger partial charge in [-0.1, -0.05) is 42.6 Å². The Bertz CT molecular complexity index is 1680. The zero-order chi connectivity index (χ0) is 36.4. The number of rotatable bonds is 17. The summed E-state index contributed by atoms with van der Waals surface area (Å²) in [7, 11) is -2.62. The van der Waals surface area contributed by atoms with Crippen LogP contribution in [0.4, 0.5) is 5.69 Å². The summed E-state index contributed by atoms with van der Waals surface area (Å²) in [6.45, 7) is 4.57. The largest absolute Gasteiger partial charge is 0.483 e. The fourth-order valence-electron chi connectivity index (χ4n) is 6.32. The molecule has 3 heterocycles. The van der Waals surface area contributed by atoms with Crippen molar-refractivity contribution in [2.45, 2.75) is 64.1 Å². The van der Waals surface area contributed by atoms with E-state index in [0.29, 0.717) is 61.9 Å². The SMILES string of the molecule is CN(CCS(=O)(=O)O)C(=O)CCCCCCC(=O)OCC1CN2C=C(C(=O)NCc3ccc(Cl)cc3)Cc3cc(CN4CCOCC4)cc(c32)O1. The number of morpholine rings is 1. The standard InChI is InChI=1S/C36H47ClN4O9S/c1-39(14-17-51(45,46)47)33(42)6-4-2-3-5-7-34(43)49-25-31-24-41-23-29(36(44)38-21-26-8-10-30(37)11-9-26)20-28-18-27(19-32(50-31)35(28)41)22-40-12-15-48-16-13-40/h8-11,18-19,23,31H,2-7,12-17,20-22,24-25H2,1H3,(H,38,44)(H,45,46,47). The highest BCUT2D eigenvalue weighted by Gasteiger charge is 2.33. The number of nitrogens with zero attached hydrogens (tertiary/aromatic N) is 3. The Morgan fingerprint density at radius 1 is 1.04 bits per heavy atom. The zero-order valence-corrected chi connectivity index (χ0v) is 30.6. The van der Waals surface area contributed by atoms with E-state index in [1.165, 1.54) is 11.9 Å². The summed E-state index contributed by atoms with van der Waals surface area (Å²) in [6.07, 6.45) is 5.09. The van der Waals surface area contributed by atoms with Gasteiger partial charge in [-0.15, -0.1) is 0 Å². The molecule has 0 bridgehead atoms. The molecule has 0 radical (unpaired) electrons. The first-order valence-electron chi connectivity index (χ1n) is 17.4. The van der Waals surface area contributed by atoms with E-state index in [9.17, 15) is 22.8 Å². The Balaban J connectivity index is 1.13. The Morgan fingerprint density at radius 3 is 2.49 bits per heavy atom. The number of halogens is 1. The third-order valence-corrected chi connectivity index (χ3v) is 10.1. The summed E-state index contributed by atoms with van der Waals surface area (Å²) in [4.78, 5) is 43.9. The Morgan fingerprint density at radius 2 is 1.76 bits per heavy atom. The second-order valence-electron chi connectivity index (χ2n) is 13.2. The van der Waals surface area contributed by atoms with Crippen molar-refractivity contribution in [1.29, 1.82) is 0 Å². The van der Waals surface area contributed by atoms with Crippen LogP contribution in [0.1, 0.15) is 55.2 Å². The molecule has 1 saturated heterocycles. The third kappa shape index (κ3) is 11.9. The Kier molecular flexibility index (Phi) is 13.7. The highest BCUT2D eigenvalue weighted by Crippen LogP contribution is 2.42. The summed E-state index contributed by atoms with van der Waals surface area (Å²) in [5.74, 6) is -0.465. The van der Waals surface area contributed by atoms with Crippen molar-refractivity contribution in [3.8, 4) is 5.75 Å². The van der Waals surface area contributed by atoms with Gasteiger partial charge in [-0.2, -0.15) is 8.42 Å². The number of benzene rings is 2. The van der Waals surface area contributed by atoms with Gasteiger partial charge in [0.05, 0.1) is 31.2 Å². The second kappa shape index (κ2) is 18.2. The maximum absolute atomic E-state index is 13.4. The monoisotopic (exact) mass is 746 g/mol. The minimum absolute atomic E-state index is 0.0633. The van der Waals surface area contributed by atoms with Crippen LogP contribution in [0.15, 0.2) is 48.2 Å². The summed E-state index contributed by atoms with van der Waals surface area (Å²) in [6, 6.07) is 11.6. The maximum Gasteiger partial charge on any atom is 0.305 e. The van der Waals surface area contributed by atoms with Crippen LogP contribution < -0.4 is 15.0 Å². The van der Waals surface area contributed by atoms with E-state index in [-0.39, 0.29) is 43.8 Å². The highest BCUT2D eigenvalue weighted by molar-refractivity contribution is 7.85. The average Bonchev–Trinajstić information content (AvgIpc) is 3.10. The average molecular weight is 747 g/mol. The first-order valence-corrected chi connectivity index (χ1v) is 19.4. The van der Waals surface area contributed by atoms with Crippen molar-refractivity contribution in [3.05, 3.63) is 69.9 Å². The van der Waals surface area contributed by atoms with E-state index < -0.39 is 22.0 Å². The lowest BCUT2D eigenvalue weighted by atomic mass is 9.94. The lowest BCUT2D eigenvalue weighted by Gasteiger charge is -2.39. The smallest absolute Gasteiger partial charge is 0.305 e. The molecule has 51 heavy (non-hydrogen) atoms. The lowest BCUT2D eigenvalue weighted by molar-refractivity contribution is -0.146. The van der Waals surface area contributed by atoms with Crippen molar-refractivity contribution in [2.75, 3.05) is 63.7 Å². The molecule has 0 spiro atoms. The van der Waals surface area contributed by atoms with Gasteiger partial charge >= 0.3 is 5.97 Å². The summed E-state index contributed by atoms with van der Waals surface area (Å²) in [5.41, 5.74) is 4.60. The van der Waals surface area contributed by atoms with Gasteiger partial charge in [0.15, 0.2) is 6.10 Å². The number of ether oxygens (including phenoxy) is 3. The van der Waals surface area contributed by atoms with E-state index in [1.54, 1.807) is 12.1 Å². The quantitative estimate of drug-likeness (QED) is 0.138. The molecule has 0 aromatic heterocycles. The molecule has 1 unspecified atom stereocenters. The number of hydrogen-bond acceptors (Lipinski definition) is 10.